The molecule has 0 saturated heterocycles. The van der Waals surface area contributed by atoms with Crippen molar-refractivity contribution in [2.75, 3.05) is 0 Å². The Morgan fingerprint density at radius 1 is 0.739 bits per heavy atom. The Kier molecular flexibility index (Phi) is 8.28. The second kappa shape index (κ2) is 10.2. The number of halogens is 1. The summed E-state index contributed by atoms with van der Waals surface area (Å²) in [4.78, 5) is 0. The number of rotatable bonds is 6. The molecule has 1 saturated carbocycles. The van der Waals surface area contributed by atoms with Gasteiger partial charge in [-0.2, -0.15) is 0 Å². The van der Waals surface area contributed by atoms with Crippen molar-refractivity contribution >= 4 is 19.6 Å². The molecule has 3 rings (SSSR count). The summed E-state index contributed by atoms with van der Waals surface area (Å²) >= 11 is -1.58. The molecule has 0 aliphatic heterocycles. The Hall–Kier alpha value is -0.708. The summed E-state index contributed by atoms with van der Waals surface area (Å²) in [5, 5.41) is 0. The van der Waals surface area contributed by atoms with E-state index in [2.05, 4.69) is 0 Å². The third-order valence-electron chi connectivity index (χ3n) is 3.70. The average molecular weight is 390 g/mol. The first kappa shape index (κ1) is 18.6. The van der Waals surface area contributed by atoms with Gasteiger partial charge in [0.25, 0.3) is 0 Å². The molecule has 1 aliphatic carbocycles. The van der Waals surface area contributed by atoms with Crippen LogP contribution in [0, 0.1) is 0 Å². The van der Waals surface area contributed by atoms with Gasteiger partial charge in [-0.1, -0.05) is 0 Å². The van der Waals surface area contributed by atoms with Crippen molar-refractivity contribution in [2.24, 2.45) is 0 Å². The molecule has 1 atom stereocenters. The van der Waals surface area contributed by atoms with E-state index in [1.54, 1.807) is 0 Å². The fourth-order valence-corrected chi connectivity index (χ4v) is 8.13. The van der Waals surface area contributed by atoms with Gasteiger partial charge < -0.3 is 0 Å². The monoisotopic (exact) mass is 389 g/mol. The van der Waals surface area contributed by atoms with Crippen LogP contribution in [0.2, 0.25) is 0 Å². The summed E-state index contributed by atoms with van der Waals surface area (Å²) in [6, 6.07) is 20.2. The van der Waals surface area contributed by atoms with E-state index in [9.17, 15) is 0 Å². The summed E-state index contributed by atoms with van der Waals surface area (Å²) in [6.45, 7) is 0. The van der Waals surface area contributed by atoms with Crippen LogP contribution in [0.25, 0.3) is 0 Å². The molecule has 1 aliphatic rings. The van der Waals surface area contributed by atoms with Crippen LogP contribution in [-0.4, -0.2) is 5.66 Å². The van der Waals surface area contributed by atoms with Crippen LogP contribution in [0.3, 0.4) is 0 Å². The van der Waals surface area contributed by atoms with E-state index in [1.165, 1.54) is 32.1 Å². The predicted octanol–water partition coefficient (Wildman–Crippen LogP) is 5.94. The molecule has 0 bridgehead atoms. The Balaban J connectivity index is 0.00000192. The van der Waals surface area contributed by atoms with Crippen molar-refractivity contribution in [3.63, 3.8) is 0 Å². The summed E-state index contributed by atoms with van der Waals surface area (Å²) in [7, 11) is 0.804. The first-order chi connectivity index (χ1) is 10.9. The number of para-hydroxylation sites is 2. The maximum absolute atomic E-state index is 6.24. The van der Waals surface area contributed by atoms with Gasteiger partial charge in [0.05, 0.1) is 0 Å². The Bertz CT molecular complexity index is 508. The number of hydrogen-bond donors (Lipinski definition) is 0. The molecule has 1 fully saturated rings. The maximum atomic E-state index is 6.24. The standard InChI is InChI=1S/2C6H6O.C6H12P.ClH.Cr/c3*7-6-4-2-1-3-5-6;;/h2*1-5,7H;6-7H,1-5H2;1H;/q;;-1;;+3/p-2. The molecule has 23 heavy (non-hydrogen) atoms. The SMILES string of the molecule is Cl.c1ccc([O][Cr]([O]c2ccccc2)[PH]C2CCCCC2)cc1. The molecule has 0 radical (unpaired) electrons. The molecule has 0 N–H and O–H groups in total. The van der Waals surface area contributed by atoms with Crippen LogP contribution in [0.5, 0.6) is 11.5 Å². The zero-order valence-electron chi connectivity index (χ0n) is 13.0. The minimum absolute atomic E-state index is 0. The molecule has 2 nitrogen and oxygen atoms in total. The van der Waals surface area contributed by atoms with Gasteiger partial charge in [0.1, 0.15) is 0 Å². The van der Waals surface area contributed by atoms with Crippen molar-refractivity contribution in [3.05, 3.63) is 60.7 Å². The quantitative estimate of drug-likeness (QED) is 0.569. The van der Waals surface area contributed by atoms with Crippen LogP contribution < -0.4 is 7.58 Å². The molecule has 5 heteroatoms. The molecular formula is C18H23ClCrO2P. The van der Waals surface area contributed by atoms with Crippen LogP contribution >= 0.6 is 19.6 Å². The minimum atomic E-state index is -1.58. The van der Waals surface area contributed by atoms with Gasteiger partial charge >= 0.3 is 139 Å². The van der Waals surface area contributed by atoms with E-state index in [-0.39, 0.29) is 12.4 Å². The van der Waals surface area contributed by atoms with Crippen LogP contribution in [-0.2, 0) is 14.4 Å². The summed E-state index contributed by atoms with van der Waals surface area (Å²) in [6.07, 6.45) is 6.81. The number of benzene rings is 2. The summed E-state index contributed by atoms with van der Waals surface area (Å²) < 4.78 is 12.5. The zero-order chi connectivity index (χ0) is 15.0. The first-order valence-corrected chi connectivity index (χ1v) is 11.8. The molecule has 0 aromatic heterocycles. The normalized spacial score (nSPS) is 15.5. The molecule has 1 unspecified atom stereocenters. The average Bonchev–Trinajstić information content (AvgIpc) is 2.57. The fraction of sp³-hybridized carbons (Fsp3) is 0.333. The van der Waals surface area contributed by atoms with Crippen molar-refractivity contribution in [1.29, 1.82) is 0 Å². The van der Waals surface area contributed by atoms with Gasteiger partial charge in [-0.25, -0.2) is 0 Å². The first-order valence-electron chi connectivity index (χ1n) is 7.87. The van der Waals surface area contributed by atoms with Gasteiger partial charge in [-0.05, 0) is 0 Å². The number of hydrogen-bond acceptors (Lipinski definition) is 2. The van der Waals surface area contributed by atoms with E-state index in [1.807, 2.05) is 60.7 Å². The van der Waals surface area contributed by atoms with E-state index in [0.717, 1.165) is 24.4 Å². The van der Waals surface area contributed by atoms with Gasteiger partial charge in [0.15, 0.2) is 0 Å². The van der Waals surface area contributed by atoms with Gasteiger partial charge in [0.2, 0.25) is 0 Å². The Morgan fingerprint density at radius 2 is 1.22 bits per heavy atom. The predicted molar refractivity (Wildman–Crippen MR) is 96.6 cm³/mol. The summed E-state index contributed by atoms with van der Waals surface area (Å²) in [5.41, 5.74) is 0.797. The third kappa shape index (κ3) is 6.36. The van der Waals surface area contributed by atoms with Crippen LogP contribution in [0.4, 0.5) is 0 Å². The molecule has 0 heterocycles. The molecule has 125 valence electrons. The van der Waals surface area contributed by atoms with E-state index >= 15 is 0 Å². The van der Waals surface area contributed by atoms with Crippen molar-refractivity contribution in [2.45, 2.75) is 37.8 Å². The van der Waals surface area contributed by atoms with Crippen molar-refractivity contribution in [1.82, 2.24) is 0 Å². The van der Waals surface area contributed by atoms with Gasteiger partial charge in [-0.3, -0.25) is 0 Å². The van der Waals surface area contributed by atoms with Crippen molar-refractivity contribution < 1.29 is 21.9 Å². The van der Waals surface area contributed by atoms with Gasteiger partial charge in [-0.15, -0.1) is 12.4 Å². The van der Waals surface area contributed by atoms with Crippen molar-refractivity contribution in [3.8, 4) is 11.5 Å². The Morgan fingerprint density at radius 3 is 1.70 bits per heavy atom. The fourth-order valence-electron chi connectivity index (χ4n) is 2.55. The van der Waals surface area contributed by atoms with Crippen LogP contribution in [0.15, 0.2) is 60.7 Å². The van der Waals surface area contributed by atoms with E-state index in [4.69, 9.17) is 7.58 Å². The molecule has 2 aromatic rings. The van der Waals surface area contributed by atoms with Gasteiger partial charge in [0, 0.05) is 0 Å². The van der Waals surface area contributed by atoms with E-state index < -0.39 is 14.4 Å². The second-order valence-electron chi connectivity index (χ2n) is 5.48. The van der Waals surface area contributed by atoms with E-state index in [0.29, 0.717) is 0 Å². The third-order valence-corrected chi connectivity index (χ3v) is 9.03. The van der Waals surface area contributed by atoms with Crippen LogP contribution in [0.1, 0.15) is 32.1 Å². The Labute approximate surface area is 151 Å². The molecule has 2 aromatic carbocycles. The molecular weight excluding hydrogens is 367 g/mol. The summed E-state index contributed by atoms with van der Waals surface area (Å²) in [5.74, 6) is 1.87. The second-order valence-corrected chi connectivity index (χ2v) is 10.3. The molecule has 0 amide bonds. The topological polar surface area (TPSA) is 18.5 Å². The molecule has 0 spiro atoms. The zero-order valence-corrected chi connectivity index (χ0v) is 16.1.